The lowest BCUT2D eigenvalue weighted by atomic mass is 10.1. The first-order valence-electron chi connectivity index (χ1n) is 9.06. The van der Waals surface area contributed by atoms with Gasteiger partial charge in [-0.05, 0) is 49.2 Å². The summed E-state index contributed by atoms with van der Waals surface area (Å²) in [5.74, 6) is 0.967. The van der Waals surface area contributed by atoms with Crippen molar-refractivity contribution in [3.05, 3.63) is 48.0 Å². The van der Waals surface area contributed by atoms with Gasteiger partial charge in [-0.15, -0.1) is 0 Å². The van der Waals surface area contributed by atoms with Gasteiger partial charge < -0.3 is 25.4 Å². The Morgan fingerprint density at radius 3 is 2.41 bits per heavy atom. The maximum absolute atomic E-state index is 12.6. The molecule has 1 fully saturated rings. The molecule has 2 aliphatic rings. The molecule has 2 aromatic rings. The highest BCUT2D eigenvalue weighted by molar-refractivity contribution is 6.05. The van der Waals surface area contributed by atoms with Crippen LogP contribution in [0.25, 0.3) is 0 Å². The zero-order valence-corrected chi connectivity index (χ0v) is 14.8. The van der Waals surface area contributed by atoms with Crippen molar-refractivity contribution in [2.24, 2.45) is 0 Å². The first kappa shape index (κ1) is 17.2. The van der Waals surface area contributed by atoms with E-state index < -0.39 is 0 Å². The lowest BCUT2D eigenvalue weighted by Gasteiger charge is -2.11. The number of hydrogen-bond donors (Lipinski definition) is 3. The van der Waals surface area contributed by atoms with Crippen molar-refractivity contribution in [1.29, 1.82) is 0 Å². The smallest absolute Gasteiger partial charge is 0.319 e. The highest BCUT2D eigenvalue weighted by Crippen LogP contribution is 2.30. The van der Waals surface area contributed by atoms with Gasteiger partial charge in [0.15, 0.2) is 11.5 Å². The van der Waals surface area contributed by atoms with Gasteiger partial charge in [0, 0.05) is 29.4 Å². The van der Waals surface area contributed by atoms with Crippen molar-refractivity contribution in [3.8, 4) is 11.5 Å². The molecule has 1 saturated carbocycles. The van der Waals surface area contributed by atoms with Crippen LogP contribution in [-0.4, -0.2) is 31.2 Å². The third-order valence-electron chi connectivity index (χ3n) is 4.30. The second kappa shape index (κ2) is 7.57. The first-order valence-corrected chi connectivity index (χ1v) is 9.06. The summed E-state index contributed by atoms with van der Waals surface area (Å²) in [5.41, 5.74) is 1.69. The molecule has 2 aromatic carbocycles. The fourth-order valence-electron chi connectivity index (χ4n) is 2.76. The van der Waals surface area contributed by atoms with Crippen molar-refractivity contribution in [1.82, 2.24) is 5.32 Å². The van der Waals surface area contributed by atoms with Gasteiger partial charge in [-0.3, -0.25) is 4.79 Å². The Kier molecular flexibility index (Phi) is 4.82. The standard InChI is InChI=1S/C20H21N3O4/c24-19(13-5-8-17-18(11-13)27-10-2-9-26-17)21-15-3-1-4-16(12-15)23-20(25)22-14-6-7-14/h1,3-5,8,11-12,14H,2,6-7,9-10H2,(H,21,24)(H2,22,23,25). The minimum Gasteiger partial charge on any atom is -0.490 e. The predicted molar refractivity (Wildman–Crippen MR) is 102 cm³/mol. The van der Waals surface area contributed by atoms with E-state index in [0.717, 1.165) is 19.3 Å². The van der Waals surface area contributed by atoms with E-state index in [9.17, 15) is 9.59 Å². The van der Waals surface area contributed by atoms with E-state index in [2.05, 4.69) is 16.0 Å². The Balaban J connectivity index is 1.42. The number of nitrogens with one attached hydrogen (secondary N) is 3. The summed E-state index contributed by atoms with van der Waals surface area (Å²) in [6.07, 6.45) is 2.86. The van der Waals surface area contributed by atoms with Crippen LogP contribution in [0.2, 0.25) is 0 Å². The van der Waals surface area contributed by atoms with Gasteiger partial charge >= 0.3 is 6.03 Å². The molecule has 0 saturated heterocycles. The van der Waals surface area contributed by atoms with E-state index in [0.29, 0.717) is 41.7 Å². The van der Waals surface area contributed by atoms with Gasteiger partial charge in [-0.25, -0.2) is 4.79 Å². The molecule has 0 bridgehead atoms. The lowest BCUT2D eigenvalue weighted by Crippen LogP contribution is -2.30. The molecular formula is C20H21N3O4. The van der Waals surface area contributed by atoms with Crippen LogP contribution < -0.4 is 25.4 Å². The molecule has 7 nitrogen and oxygen atoms in total. The number of hydrogen-bond acceptors (Lipinski definition) is 4. The van der Waals surface area contributed by atoms with Crippen LogP contribution in [0, 0.1) is 0 Å². The molecule has 7 heteroatoms. The summed E-state index contributed by atoms with van der Waals surface area (Å²) in [6, 6.07) is 12.2. The minimum atomic E-state index is -0.259. The SMILES string of the molecule is O=C(Nc1cccc(NC(=O)c2ccc3c(c2)OCCCO3)c1)NC1CC1. The summed E-state index contributed by atoms with van der Waals surface area (Å²) in [4.78, 5) is 24.4. The van der Waals surface area contributed by atoms with Gasteiger partial charge in [0.05, 0.1) is 13.2 Å². The van der Waals surface area contributed by atoms with Crippen LogP contribution in [0.15, 0.2) is 42.5 Å². The molecule has 0 unspecified atom stereocenters. The quantitative estimate of drug-likeness (QED) is 0.773. The average molecular weight is 367 g/mol. The van der Waals surface area contributed by atoms with E-state index in [1.165, 1.54) is 0 Å². The van der Waals surface area contributed by atoms with Gasteiger partial charge in [0.2, 0.25) is 0 Å². The van der Waals surface area contributed by atoms with Crippen LogP contribution in [0.4, 0.5) is 16.2 Å². The average Bonchev–Trinajstić information content (AvgIpc) is 3.48. The fourth-order valence-corrected chi connectivity index (χ4v) is 2.76. The predicted octanol–water partition coefficient (Wildman–Crippen LogP) is 3.38. The normalized spacial score (nSPS) is 15.4. The number of ether oxygens (including phenoxy) is 2. The summed E-state index contributed by atoms with van der Waals surface area (Å²) >= 11 is 0. The number of fused-ring (bicyclic) bond motifs is 1. The van der Waals surface area contributed by atoms with Crippen molar-refractivity contribution >= 4 is 23.3 Å². The third-order valence-corrected chi connectivity index (χ3v) is 4.30. The zero-order chi connectivity index (χ0) is 18.6. The molecular weight excluding hydrogens is 346 g/mol. The number of carbonyl (C=O) groups is 2. The Hall–Kier alpha value is -3.22. The first-order chi connectivity index (χ1) is 13.2. The number of amides is 3. The van der Waals surface area contributed by atoms with Crippen LogP contribution in [-0.2, 0) is 0 Å². The number of carbonyl (C=O) groups excluding carboxylic acids is 2. The topological polar surface area (TPSA) is 88.7 Å². The number of urea groups is 1. The Morgan fingerprint density at radius 1 is 0.889 bits per heavy atom. The molecule has 1 aliphatic heterocycles. The van der Waals surface area contributed by atoms with Gasteiger partial charge in [0.25, 0.3) is 5.91 Å². The highest BCUT2D eigenvalue weighted by atomic mass is 16.5. The summed E-state index contributed by atoms with van der Waals surface area (Å²) < 4.78 is 11.2. The Morgan fingerprint density at radius 2 is 1.63 bits per heavy atom. The molecule has 140 valence electrons. The van der Waals surface area contributed by atoms with Crippen LogP contribution in [0.3, 0.4) is 0 Å². The van der Waals surface area contributed by atoms with E-state index >= 15 is 0 Å². The van der Waals surface area contributed by atoms with Crippen LogP contribution in [0.5, 0.6) is 11.5 Å². The van der Waals surface area contributed by atoms with Crippen LogP contribution >= 0.6 is 0 Å². The zero-order valence-electron chi connectivity index (χ0n) is 14.8. The number of benzene rings is 2. The summed E-state index contributed by atoms with van der Waals surface area (Å²) in [7, 11) is 0. The van der Waals surface area contributed by atoms with E-state index in [-0.39, 0.29) is 18.0 Å². The van der Waals surface area contributed by atoms with Gasteiger partial charge in [-0.2, -0.15) is 0 Å². The van der Waals surface area contributed by atoms with E-state index in [4.69, 9.17) is 9.47 Å². The largest absolute Gasteiger partial charge is 0.490 e. The molecule has 1 heterocycles. The molecule has 0 atom stereocenters. The highest BCUT2D eigenvalue weighted by Gasteiger charge is 2.23. The van der Waals surface area contributed by atoms with Crippen molar-refractivity contribution in [2.45, 2.75) is 25.3 Å². The molecule has 3 N–H and O–H groups in total. The second-order valence-corrected chi connectivity index (χ2v) is 6.62. The van der Waals surface area contributed by atoms with Gasteiger partial charge in [-0.1, -0.05) is 6.07 Å². The third kappa shape index (κ3) is 4.49. The minimum absolute atomic E-state index is 0.233. The Bertz CT molecular complexity index is 864. The Labute approximate surface area is 157 Å². The second-order valence-electron chi connectivity index (χ2n) is 6.62. The molecule has 0 spiro atoms. The van der Waals surface area contributed by atoms with Crippen molar-refractivity contribution < 1.29 is 19.1 Å². The molecule has 0 aromatic heterocycles. The van der Waals surface area contributed by atoms with E-state index in [1.54, 1.807) is 42.5 Å². The maximum Gasteiger partial charge on any atom is 0.319 e. The molecule has 0 radical (unpaired) electrons. The summed E-state index contributed by atoms with van der Waals surface area (Å²) in [6.45, 7) is 1.17. The summed E-state index contributed by atoms with van der Waals surface area (Å²) in [5, 5.41) is 8.48. The monoisotopic (exact) mass is 367 g/mol. The van der Waals surface area contributed by atoms with Crippen molar-refractivity contribution in [3.63, 3.8) is 0 Å². The number of rotatable bonds is 4. The fraction of sp³-hybridized carbons (Fsp3) is 0.300. The van der Waals surface area contributed by atoms with Crippen LogP contribution in [0.1, 0.15) is 29.6 Å². The van der Waals surface area contributed by atoms with Gasteiger partial charge in [0.1, 0.15) is 0 Å². The lowest BCUT2D eigenvalue weighted by molar-refractivity contribution is 0.102. The molecule has 4 rings (SSSR count). The molecule has 1 aliphatic carbocycles. The molecule has 27 heavy (non-hydrogen) atoms. The number of anilines is 2. The van der Waals surface area contributed by atoms with E-state index in [1.807, 2.05) is 0 Å². The molecule has 3 amide bonds. The maximum atomic E-state index is 12.6. The van der Waals surface area contributed by atoms with Crippen molar-refractivity contribution in [2.75, 3.05) is 23.8 Å².